The third kappa shape index (κ3) is 2.13. The molecule has 0 heterocycles. The zero-order chi connectivity index (χ0) is 17.3. The Bertz CT molecular complexity index is 566. The number of hydrogen-bond donors (Lipinski definition) is 0. The summed E-state index contributed by atoms with van der Waals surface area (Å²) < 4.78 is 0. The molecule has 4 aliphatic rings. The molecular formula is C22H34O2. The molecule has 8 atom stereocenters. The average molecular weight is 331 g/mol. The molecule has 0 radical (unpaired) electrons. The van der Waals surface area contributed by atoms with Crippen LogP contribution in [0.5, 0.6) is 0 Å². The molecule has 0 aliphatic heterocycles. The summed E-state index contributed by atoms with van der Waals surface area (Å²) in [5, 5.41) is 0. The first kappa shape index (κ1) is 16.8. The Morgan fingerprint density at radius 3 is 2.50 bits per heavy atom. The van der Waals surface area contributed by atoms with Gasteiger partial charge in [0.05, 0.1) is 0 Å². The fourth-order valence-electron chi connectivity index (χ4n) is 8.27. The SMILES string of the molecule is CC(=O)[C@H]1[C@H](C)C[C@H]2[C@@H]3CCC4CC(=O)CC[C@]4(C)[C@H]3CC[C@@]21C. The fraction of sp³-hybridized carbons (Fsp3) is 0.909. The predicted molar refractivity (Wildman–Crippen MR) is 95.5 cm³/mol. The Kier molecular flexibility index (Phi) is 3.79. The molecule has 0 bridgehead atoms. The summed E-state index contributed by atoms with van der Waals surface area (Å²) in [5.41, 5.74) is 0.621. The molecule has 0 amide bonds. The minimum Gasteiger partial charge on any atom is -0.300 e. The van der Waals surface area contributed by atoms with Gasteiger partial charge in [-0.2, -0.15) is 0 Å². The van der Waals surface area contributed by atoms with Crippen LogP contribution in [0.4, 0.5) is 0 Å². The Balaban J connectivity index is 1.65. The van der Waals surface area contributed by atoms with E-state index in [0.717, 1.165) is 37.0 Å². The van der Waals surface area contributed by atoms with Crippen molar-refractivity contribution in [3.8, 4) is 0 Å². The maximum absolute atomic E-state index is 12.4. The Morgan fingerprint density at radius 2 is 1.79 bits per heavy atom. The fourth-order valence-corrected chi connectivity index (χ4v) is 8.27. The van der Waals surface area contributed by atoms with Gasteiger partial charge in [-0.15, -0.1) is 0 Å². The van der Waals surface area contributed by atoms with Gasteiger partial charge in [0.1, 0.15) is 11.6 Å². The number of ketones is 2. The van der Waals surface area contributed by atoms with E-state index in [1.54, 1.807) is 0 Å². The lowest BCUT2D eigenvalue weighted by Gasteiger charge is -2.60. The molecule has 4 saturated carbocycles. The summed E-state index contributed by atoms with van der Waals surface area (Å²) in [6, 6.07) is 0. The summed E-state index contributed by atoms with van der Waals surface area (Å²) in [6.07, 6.45) is 9.08. The van der Waals surface area contributed by atoms with E-state index >= 15 is 0 Å². The third-order valence-electron chi connectivity index (χ3n) is 9.26. The first-order valence-electron chi connectivity index (χ1n) is 10.3. The van der Waals surface area contributed by atoms with Crippen molar-refractivity contribution in [3.05, 3.63) is 0 Å². The highest BCUT2D eigenvalue weighted by Crippen LogP contribution is 2.68. The van der Waals surface area contributed by atoms with Gasteiger partial charge >= 0.3 is 0 Å². The molecule has 4 rings (SSSR count). The standard InChI is InChI=1S/C22H34O2/c1-13-11-19-17-6-5-15-12-16(24)7-9-21(15,3)18(17)8-10-22(19,4)20(13)14(2)23/h13,15,17-20H,5-12H2,1-4H3/t13-,15?,17-,18+,19+,20-,21+,22+/m1/s1. The van der Waals surface area contributed by atoms with E-state index in [1.807, 2.05) is 6.92 Å². The summed E-state index contributed by atoms with van der Waals surface area (Å²) in [7, 11) is 0. The van der Waals surface area contributed by atoms with E-state index in [-0.39, 0.29) is 11.3 Å². The van der Waals surface area contributed by atoms with Gasteiger partial charge in [0.15, 0.2) is 0 Å². The van der Waals surface area contributed by atoms with Gasteiger partial charge in [-0.05, 0) is 85.9 Å². The van der Waals surface area contributed by atoms with Gasteiger partial charge in [0.2, 0.25) is 0 Å². The van der Waals surface area contributed by atoms with Crippen molar-refractivity contribution < 1.29 is 9.59 Å². The minimum atomic E-state index is 0.236. The largest absolute Gasteiger partial charge is 0.300 e. The van der Waals surface area contributed by atoms with Gasteiger partial charge < -0.3 is 0 Å². The molecule has 2 nitrogen and oxygen atoms in total. The lowest BCUT2D eigenvalue weighted by molar-refractivity contribution is -0.143. The first-order chi connectivity index (χ1) is 11.3. The van der Waals surface area contributed by atoms with Crippen molar-refractivity contribution in [2.45, 2.75) is 79.1 Å². The molecule has 24 heavy (non-hydrogen) atoms. The van der Waals surface area contributed by atoms with E-state index in [9.17, 15) is 9.59 Å². The highest BCUT2D eigenvalue weighted by atomic mass is 16.1. The molecular weight excluding hydrogens is 296 g/mol. The van der Waals surface area contributed by atoms with Crippen LogP contribution in [-0.4, -0.2) is 11.6 Å². The zero-order valence-corrected chi connectivity index (χ0v) is 15.9. The molecule has 134 valence electrons. The number of hydrogen-bond acceptors (Lipinski definition) is 2. The van der Waals surface area contributed by atoms with Crippen molar-refractivity contribution >= 4 is 11.6 Å². The second-order valence-electron chi connectivity index (χ2n) is 10.2. The second-order valence-corrected chi connectivity index (χ2v) is 10.2. The van der Waals surface area contributed by atoms with Crippen LogP contribution in [0.3, 0.4) is 0 Å². The van der Waals surface area contributed by atoms with Crippen LogP contribution in [0.25, 0.3) is 0 Å². The van der Waals surface area contributed by atoms with Gasteiger partial charge in [-0.1, -0.05) is 20.8 Å². The van der Waals surface area contributed by atoms with Gasteiger partial charge in [0, 0.05) is 18.8 Å². The second kappa shape index (κ2) is 5.42. The smallest absolute Gasteiger partial charge is 0.133 e. The monoisotopic (exact) mass is 330 g/mol. The molecule has 4 aliphatic carbocycles. The Labute approximate surface area is 147 Å². The summed E-state index contributed by atoms with van der Waals surface area (Å²) in [4.78, 5) is 24.3. The van der Waals surface area contributed by atoms with Crippen molar-refractivity contribution in [3.63, 3.8) is 0 Å². The predicted octanol–water partition coefficient (Wildman–Crippen LogP) is 5.05. The van der Waals surface area contributed by atoms with Crippen molar-refractivity contribution in [1.82, 2.24) is 0 Å². The quantitative estimate of drug-likeness (QED) is 0.674. The molecule has 1 unspecified atom stereocenters. The van der Waals surface area contributed by atoms with Crippen LogP contribution in [0.1, 0.15) is 79.1 Å². The molecule has 2 heteroatoms. The van der Waals surface area contributed by atoms with E-state index in [4.69, 9.17) is 0 Å². The van der Waals surface area contributed by atoms with Crippen LogP contribution in [0.15, 0.2) is 0 Å². The summed E-state index contributed by atoms with van der Waals surface area (Å²) in [6.45, 7) is 9.08. The molecule has 0 spiro atoms. The number of carbonyl (C=O) groups excluding carboxylic acids is 2. The van der Waals surface area contributed by atoms with E-state index in [0.29, 0.717) is 28.8 Å². The molecule has 0 saturated heterocycles. The van der Waals surface area contributed by atoms with E-state index < -0.39 is 0 Å². The maximum Gasteiger partial charge on any atom is 0.133 e. The maximum atomic E-state index is 12.4. The van der Waals surface area contributed by atoms with E-state index in [1.165, 1.54) is 32.1 Å². The molecule has 0 aromatic heterocycles. The van der Waals surface area contributed by atoms with Crippen LogP contribution in [0, 0.1) is 46.3 Å². The van der Waals surface area contributed by atoms with Crippen LogP contribution < -0.4 is 0 Å². The minimum absolute atomic E-state index is 0.236. The van der Waals surface area contributed by atoms with Crippen LogP contribution in [-0.2, 0) is 9.59 Å². The number of Topliss-reactive ketones (excluding diaryl/α,β-unsaturated/α-hetero) is 2. The normalized spacial score (nSPS) is 53.9. The number of fused-ring (bicyclic) bond motifs is 5. The third-order valence-corrected chi connectivity index (χ3v) is 9.26. The lowest BCUT2D eigenvalue weighted by atomic mass is 9.44. The van der Waals surface area contributed by atoms with Gasteiger partial charge in [0.25, 0.3) is 0 Å². The molecule has 0 N–H and O–H groups in total. The molecule has 0 aromatic rings. The van der Waals surface area contributed by atoms with Crippen molar-refractivity contribution in [1.29, 1.82) is 0 Å². The Morgan fingerprint density at radius 1 is 1.04 bits per heavy atom. The number of rotatable bonds is 1. The zero-order valence-electron chi connectivity index (χ0n) is 15.9. The average Bonchev–Trinajstić information content (AvgIpc) is 2.78. The Hall–Kier alpha value is -0.660. The highest BCUT2D eigenvalue weighted by molar-refractivity contribution is 5.80. The summed E-state index contributed by atoms with van der Waals surface area (Å²) >= 11 is 0. The van der Waals surface area contributed by atoms with E-state index in [2.05, 4.69) is 20.8 Å². The lowest BCUT2D eigenvalue weighted by Crippen LogP contribution is -2.53. The van der Waals surface area contributed by atoms with Crippen molar-refractivity contribution in [2.24, 2.45) is 46.3 Å². The summed E-state index contributed by atoms with van der Waals surface area (Å²) in [5.74, 6) is 4.71. The number of carbonyl (C=O) groups is 2. The highest BCUT2D eigenvalue weighted by Gasteiger charge is 2.62. The van der Waals surface area contributed by atoms with Crippen LogP contribution >= 0.6 is 0 Å². The van der Waals surface area contributed by atoms with Gasteiger partial charge in [-0.25, -0.2) is 0 Å². The topological polar surface area (TPSA) is 34.1 Å². The van der Waals surface area contributed by atoms with Crippen LogP contribution in [0.2, 0.25) is 0 Å². The molecule has 0 aromatic carbocycles. The molecule has 4 fully saturated rings. The van der Waals surface area contributed by atoms with Gasteiger partial charge in [-0.3, -0.25) is 9.59 Å². The first-order valence-corrected chi connectivity index (χ1v) is 10.3. The van der Waals surface area contributed by atoms with Crippen molar-refractivity contribution in [2.75, 3.05) is 0 Å².